The second kappa shape index (κ2) is 7.38. The molecule has 0 heterocycles. The average Bonchev–Trinajstić information content (AvgIpc) is 2.44. The van der Waals surface area contributed by atoms with Crippen LogP contribution in [0.2, 0.25) is 10.0 Å². The van der Waals surface area contributed by atoms with Crippen LogP contribution >= 0.6 is 35.0 Å². The van der Waals surface area contributed by atoms with Gasteiger partial charge in [0.05, 0.1) is 15.0 Å². The van der Waals surface area contributed by atoms with Crippen LogP contribution in [0.4, 0.5) is 11.4 Å². The van der Waals surface area contributed by atoms with Crippen molar-refractivity contribution in [2.75, 3.05) is 18.1 Å². The first-order valence-electron chi connectivity index (χ1n) is 6.31. The highest BCUT2D eigenvalue weighted by Gasteiger charge is 2.26. The molecule has 0 aliphatic rings. The average molecular weight is 337 g/mol. The zero-order valence-electron chi connectivity index (χ0n) is 11.7. The topological polar surface area (TPSA) is 55.2 Å². The maximum absolute atomic E-state index is 11.1. The van der Waals surface area contributed by atoms with Crippen molar-refractivity contribution in [3.8, 4) is 0 Å². The molecule has 1 aromatic rings. The van der Waals surface area contributed by atoms with Crippen molar-refractivity contribution >= 4 is 46.3 Å². The van der Waals surface area contributed by atoms with E-state index in [0.717, 1.165) is 12.8 Å². The van der Waals surface area contributed by atoms with E-state index in [2.05, 4.69) is 25.4 Å². The van der Waals surface area contributed by atoms with Crippen LogP contribution in [0.3, 0.4) is 0 Å². The number of halogens is 2. The first-order valence-corrected chi connectivity index (χ1v) is 8.29. The third-order valence-corrected chi connectivity index (χ3v) is 5.87. The molecule has 0 spiro atoms. The van der Waals surface area contributed by atoms with Gasteiger partial charge < -0.3 is 5.32 Å². The largest absolute Gasteiger partial charge is 0.378 e. The zero-order valence-corrected chi connectivity index (χ0v) is 14.0. The molecule has 1 aromatic carbocycles. The van der Waals surface area contributed by atoms with E-state index in [1.54, 1.807) is 11.8 Å². The lowest BCUT2D eigenvalue weighted by molar-refractivity contribution is -0.383. The van der Waals surface area contributed by atoms with E-state index in [1.807, 2.05) is 0 Å². The van der Waals surface area contributed by atoms with Crippen LogP contribution in [0.25, 0.3) is 0 Å². The van der Waals surface area contributed by atoms with Gasteiger partial charge >= 0.3 is 0 Å². The van der Waals surface area contributed by atoms with Crippen LogP contribution in [-0.4, -0.2) is 22.5 Å². The maximum Gasteiger partial charge on any atom is 0.293 e. The van der Waals surface area contributed by atoms with Gasteiger partial charge in [-0.1, -0.05) is 37.0 Å². The van der Waals surface area contributed by atoms with Crippen LogP contribution in [0.1, 0.15) is 26.7 Å². The van der Waals surface area contributed by atoms with Crippen LogP contribution in [0.5, 0.6) is 0 Å². The van der Waals surface area contributed by atoms with Gasteiger partial charge in [-0.3, -0.25) is 10.1 Å². The van der Waals surface area contributed by atoms with E-state index in [4.69, 9.17) is 23.2 Å². The highest BCUT2D eigenvalue weighted by molar-refractivity contribution is 8.00. The lowest BCUT2D eigenvalue weighted by Gasteiger charge is -2.30. The van der Waals surface area contributed by atoms with E-state index < -0.39 is 4.92 Å². The number of nitrogens with one attached hydrogen (secondary N) is 1. The summed E-state index contributed by atoms with van der Waals surface area (Å²) in [5.41, 5.74) is 0.353. The summed E-state index contributed by atoms with van der Waals surface area (Å²) in [6, 6.07) is 2.79. The quantitative estimate of drug-likeness (QED) is 0.546. The molecule has 0 unspecified atom stereocenters. The Morgan fingerprint density at radius 2 is 1.85 bits per heavy atom. The Kier molecular flexibility index (Phi) is 6.43. The van der Waals surface area contributed by atoms with Crippen molar-refractivity contribution in [3.05, 3.63) is 32.3 Å². The van der Waals surface area contributed by atoms with Gasteiger partial charge in [0.2, 0.25) is 0 Å². The molecule has 20 heavy (non-hydrogen) atoms. The number of hydrogen-bond donors (Lipinski definition) is 1. The van der Waals surface area contributed by atoms with Crippen molar-refractivity contribution in [1.82, 2.24) is 0 Å². The second-order valence-corrected chi connectivity index (χ2v) is 6.58. The van der Waals surface area contributed by atoms with Gasteiger partial charge in [-0.25, -0.2) is 0 Å². The molecule has 0 aliphatic carbocycles. The summed E-state index contributed by atoms with van der Waals surface area (Å²) in [6.45, 7) is 4.87. The van der Waals surface area contributed by atoms with Crippen molar-refractivity contribution in [3.63, 3.8) is 0 Å². The van der Waals surface area contributed by atoms with Gasteiger partial charge in [0.1, 0.15) is 5.69 Å². The number of rotatable bonds is 7. The molecular formula is C13H18Cl2N2O2S. The van der Waals surface area contributed by atoms with E-state index in [1.165, 1.54) is 12.1 Å². The van der Waals surface area contributed by atoms with Gasteiger partial charge in [0.15, 0.2) is 0 Å². The minimum Gasteiger partial charge on any atom is -0.378 e. The number of hydrogen-bond acceptors (Lipinski definition) is 4. The fourth-order valence-electron chi connectivity index (χ4n) is 1.95. The minimum absolute atomic E-state index is 0.0541. The normalized spacial score (nSPS) is 11.4. The maximum atomic E-state index is 11.1. The summed E-state index contributed by atoms with van der Waals surface area (Å²) >= 11 is 13.5. The zero-order chi connectivity index (χ0) is 15.3. The van der Waals surface area contributed by atoms with Crippen LogP contribution in [-0.2, 0) is 0 Å². The molecule has 7 heteroatoms. The Labute approximate surface area is 133 Å². The molecule has 0 bridgehead atoms. The van der Waals surface area contributed by atoms with Gasteiger partial charge in [-0.2, -0.15) is 11.8 Å². The summed E-state index contributed by atoms with van der Waals surface area (Å²) in [5, 5.41) is 14.7. The van der Waals surface area contributed by atoms with Crippen molar-refractivity contribution in [2.45, 2.75) is 31.4 Å². The lowest BCUT2D eigenvalue weighted by atomic mass is 10.0. The Hall–Kier alpha value is -0.650. The number of nitro benzene ring substituents is 1. The van der Waals surface area contributed by atoms with Crippen molar-refractivity contribution in [2.24, 2.45) is 0 Å². The molecule has 0 radical (unpaired) electrons. The molecule has 4 nitrogen and oxygen atoms in total. The molecular weight excluding hydrogens is 319 g/mol. The Morgan fingerprint density at radius 1 is 1.30 bits per heavy atom. The summed E-state index contributed by atoms with van der Waals surface area (Å²) in [6.07, 6.45) is 4.01. The molecule has 0 saturated heterocycles. The fraction of sp³-hybridized carbons (Fsp3) is 0.538. The number of thioether (sulfide) groups is 1. The predicted octanol–water partition coefficient (Wildman–Crippen LogP) is 5.24. The van der Waals surface area contributed by atoms with Crippen molar-refractivity contribution in [1.29, 1.82) is 0 Å². The SMILES string of the molecule is CCC(CC)(CNc1cc(Cl)c(Cl)cc1[N+](=O)[O-])SC. The number of benzene rings is 1. The molecule has 0 saturated carbocycles. The summed E-state index contributed by atoms with van der Waals surface area (Å²) in [5.74, 6) is 0. The third-order valence-electron chi connectivity index (χ3n) is 3.56. The van der Waals surface area contributed by atoms with E-state index in [-0.39, 0.29) is 15.5 Å². The third kappa shape index (κ3) is 3.93. The van der Waals surface area contributed by atoms with Crippen LogP contribution < -0.4 is 5.32 Å². The van der Waals surface area contributed by atoms with Gasteiger partial charge in [0, 0.05) is 17.4 Å². The molecule has 0 fully saturated rings. The number of nitro groups is 1. The molecule has 0 aromatic heterocycles. The predicted molar refractivity (Wildman–Crippen MR) is 88.4 cm³/mol. The van der Waals surface area contributed by atoms with Gasteiger partial charge in [0.25, 0.3) is 5.69 Å². The molecule has 0 aliphatic heterocycles. The van der Waals surface area contributed by atoms with Crippen molar-refractivity contribution < 1.29 is 4.92 Å². The highest BCUT2D eigenvalue weighted by atomic mass is 35.5. The van der Waals surface area contributed by atoms with E-state index in [0.29, 0.717) is 17.3 Å². The number of nitrogens with zero attached hydrogens (tertiary/aromatic N) is 1. The Morgan fingerprint density at radius 3 is 2.30 bits per heavy atom. The standard InChI is InChI=1S/C13H18Cl2N2O2S/c1-4-13(5-2,20-3)8-16-11-6-9(14)10(15)7-12(11)17(18)19/h6-7,16H,4-5,8H2,1-3H3. The molecule has 1 N–H and O–H groups in total. The second-order valence-electron chi connectivity index (χ2n) is 4.49. The molecule has 0 atom stereocenters. The van der Waals surface area contributed by atoms with Gasteiger partial charge in [-0.05, 0) is 25.2 Å². The first kappa shape index (κ1) is 17.4. The molecule has 0 amide bonds. The lowest BCUT2D eigenvalue weighted by Crippen LogP contribution is -2.32. The van der Waals surface area contributed by atoms with Crippen LogP contribution in [0.15, 0.2) is 12.1 Å². The highest BCUT2D eigenvalue weighted by Crippen LogP contribution is 2.36. The minimum atomic E-state index is -0.455. The monoisotopic (exact) mass is 336 g/mol. The van der Waals surface area contributed by atoms with Crippen LogP contribution in [0, 0.1) is 10.1 Å². The fourth-order valence-corrected chi connectivity index (χ4v) is 3.06. The first-order chi connectivity index (χ1) is 9.39. The summed E-state index contributed by atoms with van der Waals surface area (Å²) < 4.78 is 0.0555. The Bertz CT molecular complexity index is 485. The van der Waals surface area contributed by atoms with E-state index in [9.17, 15) is 10.1 Å². The smallest absolute Gasteiger partial charge is 0.293 e. The molecule has 112 valence electrons. The van der Waals surface area contributed by atoms with Gasteiger partial charge in [-0.15, -0.1) is 0 Å². The molecule has 1 rings (SSSR count). The number of anilines is 1. The summed E-state index contributed by atoms with van der Waals surface area (Å²) in [4.78, 5) is 10.6. The van der Waals surface area contributed by atoms with E-state index >= 15 is 0 Å². The Balaban J connectivity index is 3.03. The summed E-state index contributed by atoms with van der Waals surface area (Å²) in [7, 11) is 0.